The second kappa shape index (κ2) is 7.65. The van der Waals surface area contributed by atoms with Crippen LogP contribution in [0.1, 0.15) is 26.2 Å². The molecule has 1 saturated heterocycles. The van der Waals surface area contributed by atoms with E-state index in [1.165, 1.54) is 0 Å². The first-order valence-electron chi connectivity index (χ1n) is 6.40. The molecule has 1 aliphatic heterocycles. The van der Waals surface area contributed by atoms with E-state index in [1.54, 1.807) is 7.11 Å². The summed E-state index contributed by atoms with van der Waals surface area (Å²) < 4.78 is 10.3. The summed E-state index contributed by atoms with van der Waals surface area (Å²) in [4.78, 5) is 2.43. The maximum Gasteiger partial charge on any atom is 0.0700 e. The van der Waals surface area contributed by atoms with Crippen molar-refractivity contribution in [3.05, 3.63) is 0 Å². The first-order valence-corrected chi connectivity index (χ1v) is 6.40. The number of rotatable bonds is 7. The van der Waals surface area contributed by atoms with Crippen molar-refractivity contribution in [1.29, 1.82) is 5.26 Å². The maximum absolute atomic E-state index is 9.03. The normalized spacial score (nSPS) is 20.1. The molecule has 0 N–H and O–H groups in total. The molecular formula is C13H24N2O2. The number of hydrogen-bond acceptors (Lipinski definition) is 4. The summed E-state index contributed by atoms with van der Waals surface area (Å²) in [5.74, 6) is 0. The second-order valence-corrected chi connectivity index (χ2v) is 4.97. The van der Waals surface area contributed by atoms with Crippen molar-refractivity contribution in [3.8, 4) is 6.07 Å². The van der Waals surface area contributed by atoms with E-state index < -0.39 is 0 Å². The minimum absolute atomic E-state index is 0.0918. The maximum atomic E-state index is 9.03. The Bertz CT molecular complexity index is 242. The van der Waals surface area contributed by atoms with Crippen LogP contribution in [-0.4, -0.2) is 51.5 Å². The van der Waals surface area contributed by atoms with Gasteiger partial charge in [-0.25, -0.2) is 0 Å². The fraction of sp³-hybridized carbons (Fsp3) is 0.923. The summed E-state index contributed by atoms with van der Waals surface area (Å²) >= 11 is 0. The van der Waals surface area contributed by atoms with Crippen LogP contribution in [0.15, 0.2) is 0 Å². The zero-order valence-corrected chi connectivity index (χ0v) is 11.1. The van der Waals surface area contributed by atoms with Crippen molar-refractivity contribution in [1.82, 2.24) is 4.90 Å². The molecule has 0 amide bonds. The fourth-order valence-electron chi connectivity index (χ4n) is 2.02. The molecule has 0 bridgehead atoms. The first kappa shape index (κ1) is 14.4. The van der Waals surface area contributed by atoms with E-state index in [2.05, 4.69) is 17.9 Å². The largest absolute Gasteiger partial charge is 0.382 e. The van der Waals surface area contributed by atoms with Gasteiger partial charge in [-0.2, -0.15) is 5.26 Å². The highest BCUT2D eigenvalue weighted by Gasteiger charge is 2.29. The first-order chi connectivity index (χ1) is 8.20. The van der Waals surface area contributed by atoms with Crippen LogP contribution in [0.5, 0.6) is 0 Å². The minimum atomic E-state index is -0.0918. The van der Waals surface area contributed by atoms with E-state index in [0.29, 0.717) is 13.2 Å². The third-order valence-corrected chi connectivity index (χ3v) is 3.42. The van der Waals surface area contributed by atoms with Gasteiger partial charge >= 0.3 is 0 Å². The number of methoxy groups -OCH3 is 1. The average Bonchev–Trinajstić information content (AvgIpc) is 2.36. The molecule has 0 unspecified atom stereocenters. The van der Waals surface area contributed by atoms with Crippen molar-refractivity contribution in [2.45, 2.75) is 26.2 Å². The molecule has 0 aromatic rings. The Hall–Kier alpha value is -0.630. The monoisotopic (exact) mass is 240 g/mol. The van der Waals surface area contributed by atoms with Crippen LogP contribution >= 0.6 is 0 Å². The zero-order valence-electron chi connectivity index (χ0n) is 11.1. The smallest absolute Gasteiger partial charge is 0.0700 e. The molecule has 4 heteroatoms. The summed E-state index contributed by atoms with van der Waals surface area (Å²) in [6, 6.07) is 2.43. The summed E-state index contributed by atoms with van der Waals surface area (Å²) in [5.41, 5.74) is -0.0918. The van der Waals surface area contributed by atoms with Gasteiger partial charge in [0.25, 0.3) is 0 Å². The number of hydrogen-bond donors (Lipinski definition) is 0. The van der Waals surface area contributed by atoms with E-state index in [1.807, 2.05) is 0 Å². The molecule has 1 heterocycles. The Morgan fingerprint density at radius 1 is 1.24 bits per heavy atom. The van der Waals surface area contributed by atoms with E-state index in [0.717, 1.165) is 45.5 Å². The number of likely N-dealkylation sites (tertiary alicyclic amines) is 1. The molecule has 0 saturated carbocycles. The Kier molecular flexibility index (Phi) is 6.49. The number of ether oxygens (including phenoxy) is 2. The molecule has 1 aliphatic rings. The van der Waals surface area contributed by atoms with Gasteiger partial charge in [-0.05, 0) is 39.3 Å². The van der Waals surface area contributed by atoms with Crippen LogP contribution in [0.2, 0.25) is 0 Å². The van der Waals surface area contributed by atoms with Gasteiger partial charge < -0.3 is 14.4 Å². The zero-order chi connectivity index (χ0) is 12.6. The summed E-state index contributed by atoms with van der Waals surface area (Å²) in [7, 11) is 1.68. The van der Waals surface area contributed by atoms with Gasteiger partial charge in [0, 0.05) is 20.3 Å². The highest BCUT2D eigenvalue weighted by atomic mass is 16.5. The van der Waals surface area contributed by atoms with E-state index in [9.17, 15) is 0 Å². The van der Waals surface area contributed by atoms with Crippen molar-refractivity contribution in [2.75, 3.05) is 46.6 Å². The van der Waals surface area contributed by atoms with Gasteiger partial charge in [-0.15, -0.1) is 0 Å². The van der Waals surface area contributed by atoms with Gasteiger partial charge in [0.1, 0.15) is 0 Å². The quantitative estimate of drug-likeness (QED) is 0.635. The third kappa shape index (κ3) is 5.49. The molecule has 0 aliphatic carbocycles. The number of nitrogens with zero attached hydrogens (tertiary/aromatic N) is 2. The van der Waals surface area contributed by atoms with Crippen molar-refractivity contribution >= 4 is 0 Å². The van der Waals surface area contributed by atoms with Crippen molar-refractivity contribution in [3.63, 3.8) is 0 Å². The molecule has 0 radical (unpaired) electrons. The Balaban J connectivity index is 2.01. The second-order valence-electron chi connectivity index (χ2n) is 4.97. The molecule has 0 atom stereocenters. The van der Waals surface area contributed by atoms with Crippen LogP contribution in [0.25, 0.3) is 0 Å². The van der Waals surface area contributed by atoms with Crippen LogP contribution in [0.4, 0.5) is 0 Å². The van der Waals surface area contributed by atoms with Crippen LogP contribution in [-0.2, 0) is 9.47 Å². The van der Waals surface area contributed by atoms with Crippen molar-refractivity contribution < 1.29 is 9.47 Å². The van der Waals surface area contributed by atoms with Gasteiger partial charge in [0.05, 0.1) is 24.7 Å². The lowest BCUT2D eigenvalue weighted by Crippen LogP contribution is -2.38. The van der Waals surface area contributed by atoms with E-state index >= 15 is 0 Å². The third-order valence-electron chi connectivity index (χ3n) is 3.42. The molecule has 0 aromatic carbocycles. The van der Waals surface area contributed by atoms with Gasteiger partial charge in [0.15, 0.2) is 0 Å². The van der Waals surface area contributed by atoms with E-state index in [4.69, 9.17) is 14.7 Å². The predicted octanol–water partition coefficient (Wildman–Crippen LogP) is 1.67. The average molecular weight is 240 g/mol. The lowest BCUT2D eigenvalue weighted by Gasteiger charge is -2.34. The fourth-order valence-corrected chi connectivity index (χ4v) is 2.02. The Morgan fingerprint density at radius 3 is 2.53 bits per heavy atom. The lowest BCUT2D eigenvalue weighted by atomic mass is 9.82. The standard InChI is InChI=1S/C13H24N2O2/c1-13(12-14)4-7-15(8-5-13)6-3-9-17-11-10-16-2/h3-11H2,1-2H3. The predicted molar refractivity (Wildman–Crippen MR) is 66.7 cm³/mol. The molecule has 4 nitrogen and oxygen atoms in total. The molecule has 1 fully saturated rings. The summed E-state index contributed by atoms with van der Waals surface area (Å²) in [6.45, 7) is 7.39. The molecule has 17 heavy (non-hydrogen) atoms. The van der Waals surface area contributed by atoms with Crippen LogP contribution in [0, 0.1) is 16.7 Å². The molecule has 0 aromatic heterocycles. The molecule has 0 spiro atoms. The molecular weight excluding hydrogens is 216 g/mol. The number of piperidine rings is 1. The summed E-state index contributed by atoms with van der Waals surface area (Å²) in [5, 5.41) is 9.03. The number of nitriles is 1. The minimum Gasteiger partial charge on any atom is -0.382 e. The van der Waals surface area contributed by atoms with Gasteiger partial charge in [0.2, 0.25) is 0 Å². The van der Waals surface area contributed by atoms with E-state index in [-0.39, 0.29) is 5.41 Å². The molecule has 1 rings (SSSR count). The highest BCUT2D eigenvalue weighted by molar-refractivity contribution is 4.98. The Labute approximate surface area is 104 Å². The van der Waals surface area contributed by atoms with Crippen LogP contribution in [0.3, 0.4) is 0 Å². The summed E-state index contributed by atoms with van der Waals surface area (Å²) in [6.07, 6.45) is 3.05. The highest BCUT2D eigenvalue weighted by Crippen LogP contribution is 2.29. The molecule has 98 valence electrons. The van der Waals surface area contributed by atoms with Gasteiger partial charge in [-0.3, -0.25) is 0 Å². The lowest BCUT2D eigenvalue weighted by molar-refractivity contribution is 0.0618. The SMILES string of the molecule is COCCOCCCN1CCC(C)(C#N)CC1. The topological polar surface area (TPSA) is 45.5 Å². The van der Waals surface area contributed by atoms with Crippen LogP contribution < -0.4 is 0 Å². The van der Waals surface area contributed by atoms with Gasteiger partial charge in [-0.1, -0.05) is 0 Å². The van der Waals surface area contributed by atoms with Crippen molar-refractivity contribution in [2.24, 2.45) is 5.41 Å². The Morgan fingerprint density at radius 2 is 1.94 bits per heavy atom.